The quantitative estimate of drug-likeness (QED) is 0.410. The zero-order valence-corrected chi connectivity index (χ0v) is 10.6. The molecule has 3 heteroatoms. The van der Waals surface area contributed by atoms with E-state index in [2.05, 4.69) is 32.2 Å². The second-order valence-corrected chi connectivity index (χ2v) is 4.59. The molecular weight excluding hydrogens is 287 g/mol. The lowest BCUT2D eigenvalue weighted by Crippen LogP contribution is -3.00. The van der Waals surface area contributed by atoms with Crippen LogP contribution < -0.4 is 24.0 Å². The van der Waals surface area contributed by atoms with E-state index in [-0.39, 0.29) is 24.0 Å². The molecule has 0 aromatic carbocycles. The van der Waals surface area contributed by atoms with Crippen LogP contribution >= 0.6 is 23.1 Å². The predicted molar refractivity (Wildman–Crippen MR) is 50.0 cm³/mol. The van der Waals surface area contributed by atoms with Gasteiger partial charge in [0, 0.05) is 30.9 Å². The maximum Gasteiger partial charge on any atom is 0.217 e. The van der Waals surface area contributed by atoms with Crippen LogP contribution in [0.2, 0.25) is 0 Å². The van der Waals surface area contributed by atoms with Crippen LogP contribution in [0.3, 0.4) is 0 Å². The van der Waals surface area contributed by atoms with E-state index in [0.29, 0.717) is 0 Å². The van der Waals surface area contributed by atoms with Gasteiger partial charge in [-0.25, -0.2) is 0 Å². The number of hydrogen-bond donors (Lipinski definition) is 0. The maximum atomic E-state index is 2.22. The highest BCUT2D eigenvalue weighted by Gasteiger charge is 2.05. The molecule has 0 aliphatic heterocycles. The van der Waals surface area contributed by atoms with E-state index in [1.54, 1.807) is 11.8 Å². The van der Waals surface area contributed by atoms with Gasteiger partial charge in [0.15, 0.2) is 0 Å². The van der Waals surface area contributed by atoms with E-state index in [1.165, 1.54) is 14.6 Å². The zero-order chi connectivity index (χ0) is 7.56. The third-order valence-corrected chi connectivity index (χ3v) is 2.84. The second kappa shape index (κ2) is 5.32. The average molecular weight is 298 g/mol. The summed E-state index contributed by atoms with van der Waals surface area (Å²) in [4.78, 5) is 4.16. The number of aryl methyl sites for hydroxylation is 2. The van der Waals surface area contributed by atoms with Crippen LogP contribution in [0, 0.1) is 13.8 Å². The van der Waals surface area contributed by atoms with Gasteiger partial charge < -0.3 is 24.0 Å². The van der Waals surface area contributed by atoms with Gasteiger partial charge in [-0.1, -0.05) is 0 Å². The van der Waals surface area contributed by atoms with Crippen molar-refractivity contribution in [2.75, 3.05) is 6.26 Å². The van der Waals surface area contributed by atoms with Crippen molar-refractivity contribution in [2.24, 2.45) is 0 Å². The number of halogens is 1. The van der Waals surface area contributed by atoms with Gasteiger partial charge >= 0.3 is 0 Å². The van der Waals surface area contributed by atoms with E-state index >= 15 is 0 Å². The fraction of sp³-hybridized carbons (Fsp3) is 0.375. The topological polar surface area (TPSA) is 0 Å². The van der Waals surface area contributed by atoms with Crippen LogP contribution in [0.5, 0.6) is 0 Å². The molecule has 1 rings (SSSR count). The van der Waals surface area contributed by atoms with Crippen molar-refractivity contribution < 1.29 is 24.0 Å². The van der Waals surface area contributed by atoms with Gasteiger partial charge in [0.05, 0.1) is 0 Å². The summed E-state index contributed by atoms with van der Waals surface area (Å²) < 4.78 is 0. The van der Waals surface area contributed by atoms with Crippen LogP contribution in [0.25, 0.3) is 0 Å². The molecule has 0 N–H and O–H groups in total. The summed E-state index contributed by atoms with van der Waals surface area (Å²) in [5.74, 6) is 0. The molecule has 0 unspecified atom stereocenters. The first-order valence-electron chi connectivity index (χ1n) is 3.18. The molecule has 0 spiro atoms. The third kappa shape index (κ3) is 3.71. The van der Waals surface area contributed by atoms with Crippen molar-refractivity contribution in [3.05, 3.63) is 21.9 Å². The van der Waals surface area contributed by atoms with E-state index < -0.39 is 0 Å². The van der Waals surface area contributed by atoms with Crippen LogP contribution in [0.15, 0.2) is 17.0 Å². The Morgan fingerprint density at radius 3 is 2.00 bits per heavy atom. The Bertz CT molecular complexity index is 215. The molecular formula is C8H11IS2. The maximum absolute atomic E-state index is 2.22. The van der Waals surface area contributed by atoms with Crippen molar-refractivity contribution in [3.63, 3.8) is 0 Å². The molecule has 0 radical (unpaired) electrons. The first-order valence-corrected chi connectivity index (χ1v) is 5.22. The molecule has 11 heavy (non-hydrogen) atoms. The van der Waals surface area contributed by atoms with Gasteiger partial charge in [-0.2, -0.15) is 0 Å². The lowest BCUT2D eigenvalue weighted by atomic mass is 10.4. The monoisotopic (exact) mass is 298 g/mol. The molecule has 0 aliphatic carbocycles. The minimum Gasteiger partial charge on any atom is -1.00 e. The first kappa shape index (κ1) is 11.6. The highest BCUT2D eigenvalue weighted by molar-refractivity contribution is 7.98. The molecule has 0 saturated carbocycles. The summed E-state index contributed by atoms with van der Waals surface area (Å²) >= 11 is 3.65. The summed E-state index contributed by atoms with van der Waals surface area (Å²) in [6, 6.07) is 4.45. The highest BCUT2D eigenvalue weighted by Crippen LogP contribution is 2.21. The summed E-state index contributed by atoms with van der Waals surface area (Å²) in [5.41, 5.74) is 0. The van der Waals surface area contributed by atoms with E-state index in [9.17, 15) is 0 Å². The van der Waals surface area contributed by atoms with Gasteiger partial charge in [0.25, 0.3) is 0 Å². The third-order valence-electron chi connectivity index (χ3n) is 1.25. The fourth-order valence-corrected chi connectivity index (χ4v) is 2.49. The Labute approximate surface area is 93.4 Å². The molecule has 1 aromatic rings. The van der Waals surface area contributed by atoms with Crippen molar-refractivity contribution in [1.82, 2.24) is 0 Å². The molecule has 0 bridgehead atoms. The molecule has 0 aliphatic rings. The minimum atomic E-state index is 0. The minimum absolute atomic E-state index is 0. The zero-order valence-electron chi connectivity index (χ0n) is 6.85. The van der Waals surface area contributed by atoms with E-state index in [1.807, 2.05) is 11.3 Å². The smallest absolute Gasteiger partial charge is 0.217 e. The SMILES string of the molecule is CSc1cc(C)[s+]c(C)c1.[I-]. The summed E-state index contributed by atoms with van der Waals surface area (Å²) in [6.07, 6.45) is 2.11. The van der Waals surface area contributed by atoms with Crippen molar-refractivity contribution in [2.45, 2.75) is 18.7 Å². The molecule has 0 amide bonds. The van der Waals surface area contributed by atoms with Gasteiger partial charge in [-0.15, -0.1) is 11.8 Å². The molecule has 1 heterocycles. The van der Waals surface area contributed by atoms with Crippen LogP contribution in [-0.2, 0) is 0 Å². The van der Waals surface area contributed by atoms with Crippen LogP contribution in [0.4, 0.5) is 0 Å². The van der Waals surface area contributed by atoms with Gasteiger partial charge in [-0.3, -0.25) is 0 Å². The van der Waals surface area contributed by atoms with E-state index in [0.717, 1.165) is 0 Å². The van der Waals surface area contributed by atoms with Crippen molar-refractivity contribution >= 4 is 23.1 Å². The largest absolute Gasteiger partial charge is 1.00 e. The Kier molecular flexibility index (Phi) is 5.64. The molecule has 0 fully saturated rings. The summed E-state index contributed by atoms with van der Waals surface area (Å²) in [5, 5.41) is 0. The van der Waals surface area contributed by atoms with E-state index in [4.69, 9.17) is 0 Å². The number of rotatable bonds is 1. The average Bonchev–Trinajstić information content (AvgIpc) is 1.85. The highest BCUT2D eigenvalue weighted by atomic mass is 127. The van der Waals surface area contributed by atoms with Gasteiger partial charge in [0.2, 0.25) is 21.1 Å². The van der Waals surface area contributed by atoms with Crippen molar-refractivity contribution in [1.29, 1.82) is 0 Å². The molecule has 0 atom stereocenters. The molecule has 0 saturated heterocycles. The van der Waals surface area contributed by atoms with Gasteiger partial charge in [0.1, 0.15) is 0 Å². The molecule has 1 aromatic heterocycles. The van der Waals surface area contributed by atoms with Crippen LogP contribution in [0.1, 0.15) is 9.75 Å². The predicted octanol–water partition coefficient (Wildman–Crippen LogP) is 0.372. The number of hydrogen-bond acceptors (Lipinski definition) is 1. The first-order chi connectivity index (χ1) is 4.72. The molecule has 0 nitrogen and oxygen atoms in total. The Hall–Kier alpha value is 0.650. The fourth-order valence-electron chi connectivity index (χ4n) is 0.873. The summed E-state index contributed by atoms with van der Waals surface area (Å²) in [7, 11) is 0. The Morgan fingerprint density at radius 1 is 1.18 bits per heavy atom. The normalized spacial score (nSPS) is 9.00. The Morgan fingerprint density at radius 2 is 1.64 bits per heavy atom. The molecule has 62 valence electrons. The standard InChI is InChI=1S/C8H11S2.HI/c1-6-4-8(9-3)5-7(2)10-6;/h4-5H,1-3H3;1H/q+1;/p-1. The Balaban J connectivity index is 0.000001000. The number of thioether (sulfide) groups is 1. The lowest BCUT2D eigenvalue weighted by molar-refractivity contribution is -0.00000211. The van der Waals surface area contributed by atoms with Gasteiger partial charge in [-0.05, 0) is 6.26 Å². The second-order valence-electron chi connectivity index (χ2n) is 2.22. The van der Waals surface area contributed by atoms with Crippen molar-refractivity contribution in [3.8, 4) is 0 Å². The lowest BCUT2D eigenvalue weighted by Gasteiger charge is -1.90. The summed E-state index contributed by atoms with van der Waals surface area (Å²) in [6.45, 7) is 4.30. The van der Waals surface area contributed by atoms with Crippen LogP contribution in [-0.4, -0.2) is 6.26 Å².